The first-order chi connectivity index (χ1) is 10.1. The molecule has 1 aliphatic rings. The van der Waals surface area contributed by atoms with E-state index in [9.17, 15) is 5.11 Å². The van der Waals surface area contributed by atoms with Crippen LogP contribution in [0.25, 0.3) is 0 Å². The van der Waals surface area contributed by atoms with E-state index < -0.39 is 6.10 Å². The minimum atomic E-state index is -0.618. The Kier molecular flexibility index (Phi) is 4.03. The zero-order valence-electron chi connectivity index (χ0n) is 11.6. The number of aryl methyl sites for hydroxylation is 1. The number of rotatable bonds is 4. The number of aliphatic hydroxyl groups is 1. The Bertz CT molecular complexity index is 660. The largest absolute Gasteiger partial charge is 0.454 e. The van der Waals surface area contributed by atoms with Gasteiger partial charge >= 0.3 is 0 Å². The minimum absolute atomic E-state index is 0.240. The highest BCUT2D eigenvalue weighted by Crippen LogP contribution is 2.34. The number of halogens is 1. The number of anilines is 1. The van der Waals surface area contributed by atoms with Gasteiger partial charge in [-0.2, -0.15) is 0 Å². The summed E-state index contributed by atoms with van der Waals surface area (Å²) in [7, 11) is 0. The summed E-state index contributed by atoms with van der Waals surface area (Å²) in [6.07, 6.45) is -0.618. The Morgan fingerprint density at radius 3 is 2.81 bits per heavy atom. The molecule has 5 heteroatoms. The third kappa shape index (κ3) is 3.14. The highest BCUT2D eigenvalue weighted by atomic mass is 79.9. The van der Waals surface area contributed by atoms with Crippen molar-refractivity contribution in [2.24, 2.45) is 0 Å². The molecule has 0 fully saturated rings. The highest BCUT2D eigenvalue weighted by molar-refractivity contribution is 9.10. The van der Waals surface area contributed by atoms with Crippen LogP contribution in [0, 0.1) is 6.92 Å². The molecule has 110 valence electrons. The van der Waals surface area contributed by atoms with Crippen molar-refractivity contribution in [2.45, 2.75) is 13.0 Å². The molecule has 1 atom stereocenters. The second-order valence-corrected chi connectivity index (χ2v) is 5.85. The molecule has 4 nitrogen and oxygen atoms in total. The first kappa shape index (κ1) is 14.2. The monoisotopic (exact) mass is 349 g/mol. The van der Waals surface area contributed by atoms with E-state index in [4.69, 9.17) is 9.47 Å². The molecule has 3 rings (SSSR count). The fourth-order valence-electron chi connectivity index (χ4n) is 2.21. The average molecular weight is 350 g/mol. The lowest BCUT2D eigenvalue weighted by atomic mass is 10.1. The summed E-state index contributed by atoms with van der Waals surface area (Å²) in [5.41, 5.74) is 2.94. The van der Waals surface area contributed by atoms with E-state index in [1.54, 1.807) is 0 Å². The maximum atomic E-state index is 10.3. The molecular formula is C16H16BrNO3. The second kappa shape index (κ2) is 5.95. The predicted molar refractivity (Wildman–Crippen MR) is 84.9 cm³/mol. The van der Waals surface area contributed by atoms with Gasteiger partial charge < -0.3 is 19.9 Å². The topological polar surface area (TPSA) is 50.7 Å². The zero-order valence-corrected chi connectivity index (χ0v) is 13.2. The number of aliphatic hydroxyl groups excluding tert-OH is 1. The van der Waals surface area contributed by atoms with Gasteiger partial charge in [-0.15, -0.1) is 0 Å². The molecule has 0 bridgehead atoms. The van der Waals surface area contributed by atoms with Crippen molar-refractivity contribution in [3.8, 4) is 11.5 Å². The Morgan fingerprint density at radius 1 is 1.19 bits per heavy atom. The molecule has 21 heavy (non-hydrogen) atoms. The molecule has 0 aliphatic carbocycles. The summed E-state index contributed by atoms with van der Waals surface area (Å²) in [6, 6.07) is 11.5. The van der Waals surface area contributed by atoms with Crippen LogP contribution in [0.1, 0.15) is 17.2 Å². The average Bonchev–Trinajstić information content (AvgIpc) is 2.93. The standard InChI is InChI=1S/C16H16BrNO3/c1-10-2-4-13(12(17)6-10)18-8-14(19)11-3-5-15-16(7-11)21-9-20-15/h2-7,14,18-19H,8-9H2,1H3. The lowest BCUT2D eigenvalue weighted by Gasteiger charge is -2.15. The van der Waals surface area contributed by atoms with Crippen molar-refractivity contribution < 1.29 is 14.6 Å². The van der Waals surface area contributed by atoms with E-state index >= 15 is 0 Å². The van der Waals surface area contributed by atoms with Gasteiger partial charge in [0.2, 0.25) is 6.79 Å². The molecule has 0 saturated carbocycles. The quantitative estimate of drug-likeness (QED) is 0.884. The van der Waals surface area contributed by atoms with Crippen LogP contribution < -0.4 is 14.8 Å². The maximum absolute atomic E-state index is 10.3. The number of hydrogen-bond donors (Lipinski definition) is 2. The fourth-order valence-corrected chi connectivity index (χ4v) is 2.84. The van der Waals surface area contributed by atoms with Crippen molar-refractivity contribution in [1.29, 1.82) is 0 Å². The van der Waals surface area contributed by atoms with E-state index in [1.165, 1.54) is 5.56 Å². The summed E-state index contributed by atoms with van der Waals surface area (Å²) in [5.74, 6) is 1.41. The molecule has 1 heterocycles. The molecule has 0 saturated heterocycles. The Balaban J connectivity index is 1.67. The number of nitrogens with one attached hydrogen (secondary N) is 1. The van der Waals surface area contributed by atoms with Gasteiger partial charge in [-0.3, -0.25) is 0 Å². The van der Waals surface area contributed by atoms with Gasteiger partial charge in [-0.25, -0.2) is 0 Å². The van der Waals surface area contributed by atoms with Gasteiger partial charge in [0.25, 0.3) is 0 Å². The van der Waals surface area contributed by atoms with Gasteiger partial charge in [0.05, 0.1) is 6.10 Å². The molecular weight excluding hydrogens is 334 g/mol. The normalized spacial score (nSPS) is 14.0. The number of fused-ring (bicyclic) bond motifs is 1. The molecule has 0 aromatic heterocycles. The van der Waals surface area contributed by atoms with Gasteiger partial charge in [0, 0.05) is 16.7 Å². The van der Waals surface area contributed by atoms with Crippen LogP contribution in [0.15, 0.2) is 40.9 Å². The number of ether oxygens (including phenoxy) is 2. The smallest absolute Gasteiger partial charge is 0.231 e. The Hall–Kier alpha value is -1.72. The maximum Gasteiger partial charge on any atom is 0.231 e. The summed E-state index contributed by atoms with van der Waals surface area (Å²) in [5, 5.41) is 13.5. The molecule has 1 unspecified atom stereocenters. The van der Waals surface area contributed by atoms with Crippen LogP contribution in [0.4, 0.5) is 5.69 Å². The first-order valence-electron chi connectivity index (χ1n) is 6.71. The van der Waals surface area contributed by atoms with Crippen molar-refractivity contribution in [3.63, 3.8) is 0 Å². The van der Waals surface area contributed by atoms with E-state index in [-0.39, 0.29) is 6.79 Å². The van der Waals surface area contributed by atoms with Gasteiger partial charge in [0.1, 0.15) is 0 Å². The molecule has 2 N–H and O–H groups in total. The van der Waals surface area contributed by atoms with Crippen LogP contribution in [-0.2, 0) is 0 Å². The van der Waals surface area contributed by atoms with Crippen LogP contribution in [0.3, 0.4) is 0 Å². The molecule has 0 radical (unpaired) electrons. The van der Waals surface area contributed by atoms with E-state index in [0.29, 0.717) is 12.3 Å². The molecule has 2 aromatic rings. The lowest BCUT2D eigenvalue weighted by molar-refractivity contribution is 0.173. The summed E-state index contributed by atoms with van der Waals surface area (Å²) in [4.78, 5) is 0. The van der Waals surface area contributed by atoms with Crippen LogP contribution in [0.5, 0.6) is 11.5 Å². The van der Waals surface area contributed by atoms with Crippen LogP contribution in [0.2, 0.25) is 0 Å². The SMILES string of the molecule is Cc1ccc(NCC(O)c2ccc3c(c2)OCO3)c(Br)c1. The number of benzene rings is 2. The van der Waals surface area contributed by atoms with Gasteiger partial charge in [-0.1, -0.05) is 12.1 Å². The van der Waals surface area contributed by atoms with Gasteiger partial charge in [0.15, 0.2) is 11.5 Å². The van der Waals surface area contributed by atoms with E-state index in [0.717, 1.165) is 21.5 Å². The third-order valence-electron chi connectivity index (χ3n) is 3.39. The van der Waals surface area contributed by atoms with E-state index in [1.807, 2.05) is 43.3 Å². The van der Waals surface area contributed by atoms with E-state index in [2.05, 4.69) is 21.2 Å². The third-order valence-corrected chi connectivity index (χ3v) is 4.05. The predicted octanol–water partition coefficient (Wildman–Crippen LogP) is 3.63. The minimum Gasteiger partial charge on any atom is -0.454 e. The van der Waals surface area contributed by atoms with Crippen molar-refractivity contribution in [1.82, 2.24) is 0 Å². The van der Waals surface area contributed by atoms with Crippen molar-refractivity contribution >= 4 is 21.6 Å². The van der Waals surface area contributed by atoms with Crippen molar-refractivity contribution in [3.05, 3.63) is 52.0 Å². The van der Waals surface area contributed by atoms with Crippen molar-refractivity contribution in [2.75, 3.05) is 18.7 Å². The Morgan fingerprint density at radius 2 is 2.00 bits per heavy atom. The zero-order chi connectivity index (χ0) is 14.8. The first-order valence-corrected chi connectivity index (χ1v) is 7.50. The fraction of sp³-hybridized carbons (Fsp3) is 0.250. The van der Waals surface area contributed by atoms with Gasteiger partial charge in [-0.05, 0) is 58.2 Å². The molecule has 2 aromatic carbocycles. The highest BCUT2D eigenvalue weighted by Gasteiger charge is 2.16. The molecule has 0 amide bonds. The molecule has 1 aliphatic heterocycles. The summed E-state index contributed by atoms with van der Waals surface area (Å²) >= 11 is 3.51. The number of hydrogen-bond acceptors (Lipinski definition) is 4. The van der Waals surface area contributed by atoms with Crippen LogP contribution >= 0.6 is 15.9 Å². The van der Waals surface area contributed by atoms with Crippen LogP contribution in [-0.4, -0.2) is 18.4 Å². The second-order valence-electron chi connectivity index (χ2n) is 4.99. The molecule has 0 spiro atoms. The Labute approximate surface area is 131 Å². The lowest BCUT2D eigenvalue weighted by Crippen LogP contribution is -2.12. The summed E-state index contributed by atoms with van der Waals surface area (Å²) in [6.45, 7) is 2.70. The summed E-state index contributed by atoms with van der Waals surface area (Å²) < 4.78 is 11.6.